The fourth-order valence-corrected chi connectivity index (χ4v) is 5.23. The van der Waals surface area contributed by atoms with Crippen molar-refractivity contribution in [2.75, 3.05) is 52.6 Å². The number of morpholine rings is 1. The minimum Gasteiger partial charge on any atom is -0.378 e. The molecule has 0 atom stereocenters. The van der Waals surface area contributed by atoms with E-state index in [2.05, 4.69) is 0 Å². The minimum atomic E-state index is -3.67. The number of carbonyl (C=O) groups excluding carboxylic acids is 1. The normalized spacial score (nSPS) is 23.6. The number of ether oxygens (including phenoxy) is 3. The van der Waals surface area contributed by atoms with Crippen LogP contribution >= 0.6 is 0 Å². The number of nitrogens with zero attached hydrogens (tertiary/aromatic N) is 2. The van der Waals surface area contributed by atoms with E-state index in [4.69, 9.17) is 14.2 Å². The molecular weight excluding hydrogens is 372 g/mol. The number of sulfonamides is 1. The summed E-state index contributed by atoms with van der Waals surface area (Å²) >= 11 is 0. The summed E-state index contributed by atoms with van der Waals surface area (Å²) in [6.45, 7) is 3.83. The van der Waals surface area contributed by atoms with Gasteiger partial charge in [-0.3, -0.25) is 4.79 Å². The Balaban J connectivity index is 1.49. The quantitative estimate of drug-likeness (QED) is 0.747. The Labute approximate surface area is 159 Å². The van der Waals surface area contributed by atoms with E-state index in [1.54, 1.807) is 23.1 Å². The lowest BCUT2D eigenvalue weighted by Crippen LogP contribution is -2.47. The zero-order valence-electron chi connectivity index (χ0n) is 15.1. The lowest BCUT2D eigenvalue weighted by atomic mass is 10.1. The van der Waals surface area contributed by atoms with Crippen LogP contribution in [-0.4, -0.2) is 81.9 Å². The van der Waals surface area contributed by atoms with Gasteiger partial charge in [0.15, 0.2) is 5.79 Å². The second-order valence-electron chi connectivity index (χ2n) is 6.94. The highest BCUT2D eigenvalue weighted by Gasteiger charge is 2.42. The average molecular weight is 396 g/mol. The molecule has 3 fully saturated rings. The molecule has 4 rings (SSSR count). The largest absolute Gasteiger partial charge is 0.378 e. The van der Waals surface area contributed by atoms with E-state index in [1.165, 1.54) is 10.4 Å². The molecule has 0 bridgehead atoms. The van der Waals surface area contributed by atoms with Crippen LogP contribution < -0.4 is 0 Å². The number of carbonyl (C=O) groups is 1. The zero-order chi connectivity index (χ0) is 18.9. The molecule has 1 spiro atoms. The van der Waals surface area contributed by atoms with Gasteiger partial charge in [0.25, 0.3) is 5.91 Å². The summed E-state index contributed by atoms with van der Waals surface area (Å²) in [5, 5.41) is 0. The fourth-order valence-electron chi connectivity index (χ4n) is 3.74. The molecular formula is C18H24N2O6S. The Morgan fingerprint density at radius 1 is 0.963 bits per heavy atom. The van der Waals surface area contributed by atoms with Crippen LogP contribution in [0.2, 0.25) is 0 Å². The third-order valence-corrected chi connectivity index (χ3v) is 7.21. The van der Waals surface area contributed by atoms with Gasteiger partial charge in [-0.25, -0.2) is 8.42 Å². The van der Waals surface area contributed by atoms with Crippen LogP contribution in [0.15, 0.2) is 29.2 Å². The van der Waals surface area contributed by atoms with E-state index in [0.717, 1.165) is 0 Å². The van der Waals surface area contributed by atoms with Crippen LogP contribution in [0.1, 0.15) is 23.2 Å². The van der Waals surface area contributed by atoms with Crippen molar-refractivity contribution in [3.05, 3.63) is 29.8 Å². The van der Waals surface area contributed by atoms with Gasteiger partial charge in [-0.1, -0.05) is 6.07 Å². The standard InChI is InChI=1S/C18H24N2O6S/c21-17(19-8-10-24-11-9-19)15-2-1-3-16(14-15)27(22,23)20-6-4-18(5-7-20)25-12-13-26-18/h1-3,14H,4-13H2. The first-order valence-corrected chi connectivity index (χ1v) is 10.7. The Morgan fingerprint density at radius 2 is 1.63 bits per heavy atom. The highest BCUT2D eigenvalue weighted by atomic mass is 32.2. The molecule has 3 heterocycles. The van der Waals surface area contributed by atoms with Gasteiger partial charge >= 0.3 is 0 Å². The number of hydrogen-bond donors (Lipinski definition) is 0. The van der Waals surface area contributed by atoms with Crippen molar-refractivity contribution in [1.82, 2.24) is 9.21 Å². The molecule has 27 heavy (non-hydrogen) atoms. The lowest BCUT2D eigenvalue weighted by Gasteiger charge is -2.36. The molecule has 1 aromatic carbocycles. The first kappa shape index (κ1) is 18.8. The highest BCUT2D eigenvalue weighted by molar-refractivity contribution is 7.89. The molecule has 0 unspecified atom stereocenters. The van der Waals surface area contributed by atoms with Crippen molar-refractivity contribution < 1.29 is 27.4 Å². The number of hydrogen-bond acceptors (Lipinski definition) is 6. The van der Waals surface area contributed by atoms with E-state index in [1.807, 2.05) is 0 Å². The second-order valence-corrected chi connectivity index (χ2v) is 8.88. The number of rotatable bonds is 3. The smallest absolute Gasteiger partial charge is 0.254 e. The maximum Gasteiger partial charge on any atom is 0.254 e. The van der Waals surface area contributed by atoms with Crippen LogP contribution in [0, 0.1) is 0 Å². The van der Waals surface area contributed by atoms with Crippen LogP contribution in [0.4, 0.5) is 0 Å². The topological polar surface area (TPSA) is 85.4 Å². The van der Waals surface area contributed by atoms with Crippen molar-refractivity contribution in [2.24, 2.45) is 0 Å². The van der Waals surface area contributed by atoms with Crippen LogP contribution in [0.25, 0.3) is 0 Å². The third kappa shape index (κ3) is 3.74. The average Bonchev–Trinajstić information content (AvgIpc) is 3.16. The summed E-state index contributed by atoms with van der Waals surface area (Å²) in [5.74, 6) is -0.791. The van der Waals surface area contributed by atoms with E-state index in [-0.39, 0.29) is 10.8 Å². The molecule has 0 N–H and O–H groups in total. The molecule has 8 nitrogen and oxygen atoms in total. The Kier molecular flexibility index (Phi) is 5.21. The predicted molar refractivity (Wildman–Crippen MR) is 95.8 cm³/mol. The SMILES string of the molecule is O=C(c1cccc(S(=O)(=O)N2CCC3(CC2)OCCO3)c1)N1CCOCC1. The predicted octanol–water partition coefficient (Wildman–Crippen LogP) is 0.687. The first-order chi connectivity index (χ1) is 13.0. The van der Waals surface area contributed by atoms with Crippen molar-refractivity contribution in [3.63, 3.8) is 0 Å². The fraction of sp³-hybridized carbons (Fsp3) is 0.611. The lowest BCUT2D eigenvalue weighted by molar-refractivity contribution is -0.179. The van der Waals surface area contributed by atoms with Gasteiger partial charge in [0.1, 0.15) is 0 Å². The van der Waals surface area contributed by atoms with Gasteiger partial charge in [0, 0.05) is 44.6 Å². The van der Waals surface area contributed by atoms with Gasteiger partial charge in [-0.15, -0.1) is 0 Å². The molecule has 3 aliphatic rings. The van der Waals surface area contributed by atoms with Crippen molar-refractivity contribution in [2.45, 2.75) is 23.5 Å². The second kappa shape index (κ2) is 7.48. The zero-order valence-corrected chi connectivity index (χ0v) is 15.9. The summed E-state index contributed by atoms with van der Waals surface area (Å²) in [6.07, 6.45) is 1.03. The van der Waals surface area contributed by atoms with Crippen LogP contribution in [0.3, 0.4) is 0 Å². The van der Waals surface area contributed by atoms with Crippen LogP contribution in [-0.2, 0) is 24.2 Å². The number of amides is 1. The van der Waals surface area contributed by atoms with Gasteiger partial charge in [-0.2, -0.15) is 4.31 Å². The Hall–Kier alpha value is -1.52. The maximum atomic E-state index is 13.0. The molecule has 148 valence electrons. The van der Waals surface area contributed by atoms with Crippen molar-refractivity contribution in [3.8, 4) is 0 Å². The molecule has 1 amide bonds. The molecule has 0 aliphatic carbocycles. The van der Waals surface area contributed by atoms with E-state index in [9.17, 15) is 13.2 Å². The summed E-state index contributed by atoms with van der Waals surface area (Å²) in [4.78, 5) is 14.5. The summed E-state index contributed by atoms with van der Waals surface area (Å²) in [5.41, 5.74) is 0.383. The van der Waals surface area contributed by atoms with Crippen LogP contribution in [0.5, 0.6) is 0 Å². The molecule has 3 saturated heterocycles. The van der Waals surface area contributed by atoms with Gasteiger partial charge < -0.3 is 19.1 Å². The highest BCUT2D eigenvalue weighted by Crippen LogP contribution is 2.33. The molecule has 9 heteroatoms. The molecule has 0 saturated carbocycles. The first-order valence-electron chi connectivity index (χ1n) is 9.25. The summed E-state index contributed by atoms with van der Waals surface area (Å²) < 4.78 is 44.1. The van der Waals surface area contributed by atoms with E-state index < -0.39 is 15.8 Å². The molecule has 3 aliphatic heterocycles. The monoisotopic (exact) mass is 396 g/mol. The summed E-state index contributed by atoms with van der Waals surface area (Å²) in [7, 11) is -3.67. The molecule has 0 aromatic heterocycles. The summed E-state index contributed by atoms with van der Waals surface area (Å²) in [6, 6.07) is 6.29. The van der Waals surface area contributed by atoms with Crippen molar-refractivity contribution >= 4 is 15.9 Å². The Bertz CT molecular complexity index is 790. The van der Waals surface area contributed by atoms with Gasteiger partial charge in [0.2, 0.25) is 10.0 Å². The third-order valence-electron chi connectivity index (χ3n) is 5.31. The van der Waals surface area contributed by atoms with Gasteiger partial charge in [0.05, 0.1) is 31.3 Å². The van der Waals surface area contributed by atoms with E-state index >= 15 is 0 Å². The minimum absolute atomic E-state index is 0.144. The molecule has 1 aromatic rings. The Morgan fingerprint density at radius 3 is 2.30 bits per heavy atom. The van der Waals surface area contributed by atoms with Gasteiger partial charge in [-0.05, 0) is 18.2 Å². The van der Waals surface area contributed by atoms with E-state index in [0.29, 0.717) is 71.0 Å². The maximum absolute atomic E-state index is 13.0. The molecule has 0 radical (unpaired) electrons. The number of piperidine rings is 1. The van der Waals surface area contributed by atoms with Crippen molar-refractivity contribution in [1.29, 1.82) is 0 Å². The number of benzene rings is 1.